The van der Waals surface area contributed by atoms with Crippen molar-refractivity contribution in [3.63, 3.8) is 0 Å². The molecular formula is C25H22ClN3O4S. The van der Waals surface area contributed by atoms with Gasteiger partial charge in [0, 0.05) is 18.1 Å². The summed E-state index contributed by atoms with van der Waals surface area (Å²) in [7, 11) is 0. The van der Waals surface area contributed by atoms with Gasteiger partial charge < -0.3 is 14.4 Å². The van der Waals surface area contributed by atoms with Crippen molar-refractivity contribution in [2.24, 2.45) is 0 Å². The molecule has 0 radical (unpaired) electrons. The van der Waals surface area contributed by atoms with Gasteiger partial charge in [-0.1, -0.05) is 23.7 Å². The second kappa shape index (κ2) is 10.7. The number of nitriles is 1. The van der Waals surface area contributed by atoms with Crippen LogP contribution >= 0.6 is 22.9 Å². The van der Waals surface area contributed by atoms with E-state index in [0.29, 0.717) is 53.9 Å². The summed E-state index contributed by atoms with van der Waals surface area (Å²) in [5.74, 6) is 0.247. The maximum Gasteiger partial charge on any atom is 0.273 e. The van der Waals surface area contributed by atoms with Crippen LogP contribution in [-0.2, 0) is 9.53 Å². The van der Waals surface area contributed by atoms with Crippen LogP contribution in [0.15, 0.2) is 53.3 Å². The van der Waals surface area contributed by atoms with Crippen molar-refractivity contribution in [2.75, 3.05) is 32.9 Å². The van der Waals surface area contributed by atoms with Gasteiger partial charge in [0.2, 0.25) is 0 Å². The van der Waals surface area contributed by atoms with Crippen molar-refractivity contribution < 1.29 is 14.3 Å². The average molecular weight is 496 g/mol. The van der Waals surface area contributed by atoms with Crippen LogP contribution in [-0.4, -0.2) is 48.3 Å². The van der Waals surface area contributed by atoms with Crippen LogP contribution in [0.25, 0.3) is 17.3 Å². The van der Waals surface area contributed by atoms with Gasteiger partial charge in [0.15, 0.2) is 5.57 Å². The molecule has 34 heavy (non-hydrogen) atoms. The highest BCUT2D eigenvalue weighted by molar-refractivity contribution is 7.07. The summed E-state index contributed by atoms with van der Waals surface area (Å²) in [5.41, 5.74) is 0.873. The molecular weight excluding hydrogens is 474 g/mol. The van der Waals surface area contributed by atoms with Crippen molar-refractivity contribution in [3.05, 3.63) is 78.7 Å². The second-order valence-electron chi connectivity index (χ2n) is 7.43. The lowest BCUT2D eigenvalue weighted by atomic mass is 10.2. The molecule has 1 aliphatic rings. The van der Waals surface area contributed by atoms with E-state index in [1.807, 2.05) is 19.1 Å². The number of halogens is 1. The van der Waals surface area contributed by atoms with E-state index < -0.39 is 5.91 Å². The molecule has 9 heteroatoms. The number of thiazole rings is 1. The van der Waals surface area contributed by atoms with E-state index >= 15 is 0 Å². The maximum absolute atomic E-state index is 13.5. The fourth-order valence-corrected chi connectivity index (χ4v) is 4.90. The second-order valence-corrected chi connectivity index (χ2v) is 8.90. The van der Waals surface area contributed by atoms with Crippen LogP contribution in [0.3, 0.4) is 0 Å². The first-order chi connectivity index (χ1) is 16.5. The first-order valence-electron chi connectivity index (χ1n) is 10.8. The van der Waals surface area contributed by atoms with Crippen molar-refractivity contribution in [2.45, 2.75) is 6.92 Å². The molecule has 0 unspecified atom stereocenters. The van der Waals surface area contributed by atoms with Crippen LogP contribution in [0, 0.1) is 11.3 Å². The van der Waals surface area contributed by atoms with Gasteiger partial charge in [0.1, 0.15) is 16.5 Å². The third-order valence-corrected chi connectivity index (χ3v) is 6.54. The fraction of sp³-hybridized carbons (Fsp3) is 0.240. The lowest BCUT2D eigenvalue weighted by Gasteiger charge is -2.26. The minimum Gasteiger partial charge on any atom is -0.494 e. The molecule has 174 valence electrons. The molecule has 4 rings (SSSR count). The summed E-state index contributed by atoms with van der Waals surface area (Å²) in [6, 6.07) is 16.1. The smallest absolute Gasteiger partial charge is 0.273 e. The Balaban J connectivity index is 1.95. The number of aromatic nitrogens is 1. The number of amides is 1. The number of hydrogen-bond donors (Lipinski definition) is 0. The van der Waals surface area contributed by atoms with Gasteiger partial charge in [-0.25, -0.2) is 0 Å². The zero-order valence-electron chi connectivity index (χ0n) is 18.5. The average Bonchev–Trinajstić information content (AvgIpc) is 3.16. The van der Waals surface area contributed by atoms with Gasteiger partial charge >= 0.3 is 0 Å². The highest BCUT2D eigenvalue weighted by Gasteiger charge is 2.24. The van der Waals surface area contributed by atoms with Gasteiger partial charge in [-0.15, -0.1) is 11.3 Å². The molecule has 3 aromatic rings. The summed E-state index contributed by atoms with van der Waals surface area (Å²) in [6.07, 6.45) is 1.71. The predicted molar refractivity (Wildman–Crippen MR) is 132 cm³/mol. The number of ether oxygens (including phenoxy) is 2. The summed E-state index contributed by atoms with van der Waals surface area (Å²) in [5, 5.41) is 10.5. The van der Waals surface area contributed by atoms with Gasteiger partial charge in [-0.2, -0.15) is 5.26 Å². The molecule has 2 aromatic carbocycles. The molecule has 2 heterocycles. The Kier molecular flexibility index (Phi) is 7.48. The topological polar surface area (TPSA) is 84.6 Å². The molecule has 1 amide bonds. The molecule has 0 saturated carbocycles. The van der Waals surface area contributed by atoms with E-state index in [2.05, 4.69) is 0 Å². The van der Waals surface area contributed by atoms with E-state index in [-0.39, 0.29) is 15.8 Å². The molecule has 1 aliphatic heterocycles. The van der Waals surface area contributed by atoms with Gasteiger partial charge in [0.05, 0.1) is 30.0 Å². The minimum atomic E-state index is -0.416. The number of morpholine rings is 1. The Labute approximate surface area is 205 Å². The van der Waals surface area contributed by atoms with Gasteiger partial charge in [-0.05, 0) is 55.0 Å². The minimum absolute atomic E-state index is 0.0800. The third-order valence-electron chi connectivity index (χ3n) is 5.21. The quantitative estimate of drug-likeness (QED) is 0.542. The maximum atomic E-state index is 13.5. The summed E-state index contributed by atoms with van der Waals surface area (Å²) < 4.78 is 12.9. The molecule has 1 fully saturated rings. The Morgan fingerprint density at radius 1 is 1.24 bits per heavy atom. The van der Waals surface area contributed by atoms with E-state index in [0.717, 1.165) is 16.9 Å². The molecule has 0 atom stereocenters. The van der Waals surface area contributed by atoms with E-state index in [1.165, 1.54) is 4.57 Å². The fourth-order valence-electron chi connectivity index (χ4n) is 3.60. The molecule has 0 aliphatic carbocycles. The van der Waals surface area contributed by atoms with Crippen LogP contribution in [0.1, 0.15) is 12.5 Å². The number of rotatable bonds is 5. The normalized spacial score (nSPS) is 15.1. The highest BCUT2D eigenvalue weighted by atomic mass is 35.5. The number of benzene rings is 2. The number of carbonyl (C=O) groups excluding carboxylic acids is 1. The van der Waals surface area contributed by atoms with Crippen LogP contribution < -0.4 is 19.5 Å². The van der Waals surface area contributed by atoms with Crippen LogP contribution in [0.5, 0.6) is 5.75 Å². The summed E-state index contributed by atoms with van der Waals surface area (Å²) in [4.78, 5) is 28.3. The number of carbonyl (C=O) groups is 1. The van der Waals surface area contributed by atoms with Crippen molar-refractivity contribution in [3.8, 4) is 17.5 Å². The van der Waals surface area contributed by atoms with Gasteiger partial charge in [0.25, 0.3) is 11.5 Å². The number of nitrogens with zero attached hydrogens (tertiary/aromatic N) is 3. The van der Waals surface area contributed by atoms with Crippen LogP contribution in [0.2, 0.25) is 5.02 Å². The van der Waals surface area contributed by atoms with Crippen molar-refractivity contribution in [1.82, 2.24) is 9.47 Å². The molecule has 0 spiro atoms. The lowest BCUT2D eigenvalue weighted by molar-refractivity contribution is -0.128. The van der Waals surface area contributed by atoms with Crippen molar-refractivity contribution in [1.29, 1.82) is 5.26 Å². The van der Waals surface area contributed by atoms with Crippen LogP contribution in [0.4, 0.5) is 0 Å². The van der Waals surface area contributed by atoms with E-state index in [4.69, 9.17) is 21.1 Å². The van der Waals surface area contributed by atoms with E-state index in [9.17, 15) is 14.9 Å². The summed E-state index contributed by atoms with van der Waals surface area (Å²) >= 11 is 7.21. The Bertz CT molecular complexity index is 1410. The summed E-state index contributed by atoms with van der Waals surface area (Å²) in [6.45, 7) is 4.01. The lowest BCUT2D eigenvalue weighted by Crippen LogP contribution is -2.42. The first-order valence-corrected chi connectivity index (χ1v) is 11.9. The molecule has 0 N–H and O–H groups in total. The van der Waals surface area contributed by atoms with E-state index in [1.54, 1.807) is 53.4 Å². The Morgan fingerprint density at radius 2 is 1.97 bits per heavy atom. The van der Waals surface area contributed by atoms with Gasteiger partial charge in [-0.3, -0.25) is 14.2 Å². The SMILES string of the molecule is CCOc1ccc(-n2c(=O)/c(=C\c3cccc(Cl)c3)s/c2=C(/C#N)C(=O)N2CCOCC2)cc1. The Morgan fingerprint density at radius 3 is 2.62 bits per heavy atom. The third kappa shape index (κ3) is 5.07. The largest absolute Gasteiger partial charge is 0.494 e. The molecule has 0 bridgehead atoms. The zero-order chi connectivity index (χ0) is 24.1. The molecule has 1 aromatic heterocycles. The predicted octanol–water partition coefficient (Wildman–Crippen LogP) is 2.31. The Hall–Kier alpha value is -3.38. The number of hydrogen-bond acceptors (Lipinski definition) is 6. The van der Waals surface area contributed by atoms with Crippen molar-refractivity contribution >= 4 is 40.5 Å². The standard InChI is InChI=1S/C25H22ClN3O4S/c1-2-33-20-8-6-19(7-9-20)29-24(31)22(15-17-4-3-5-18(26)14-17)34-25(29)21(16-27)23(30)28-10-12-32-13-11-28/h3-9,14-15H,2,10-13H2,1H3/b22-15+,25-21-. The monoisotopic (exact) mass is 495 g/mol. The first kappa shape index (κ1) is 23.8. The highest BCUT2D eigenvalue weighted by Crippen LogP contribution is 2.15. The molecule has 7 nitrogen and oxygen atoms in total. The zero-order valence-corrected chi connectivity index (χ0v) is 20.1. The molecule has 1 saturated heterocycles.